The Balaban J connectivity index is 1.93. The summed E-state index contributed by atoms with van der Waals surface area (Å²) in [5.41, 5.74) is 1.35. The van der Waals surface area contributed by atoms with Crippen molar-refractivity contribution in [3.63, 3.8) is 0 Å². The lowest BCUT2D eigenvalue weighted by Crippen LogP contribution is -2.51. The summed E-state index contributed by atoms with van der Waals surface area (Å²) in [4.78, 5) is 27.6. The second-order valence-electron chi connectivity index (χ2n) is 8.36. The Kier molecular flexibility index (Phi) is 9.68. The molecule has 0 heterocycles. The van der Waals surface area contributed by atoms with Gasteiger partial charge in [-0.25, -0.2) is 8.42 Å². The summed E-state index contributed by atoms with van der Waals surface area (Å²) in [5, 5.41) is 2.58. The average Bonchev–Trinajstić information content (AvgIpc) is 2.92. The van der Waals surface area contributed by atoms with Gasteiger partial charge in [-0.2, -0.15) is 0 Å². The highest BCUT2D eigenvalue weighted by atomic mass is 32.2. The van der Waals surface area contributed by atoms with E-state index in [-0.39, 0.29) is 17.3 Å². The van der Waals surface area contributed by atoms with Gasteiger partial charge in [0.25, 0.3) is 10.0 Å². The van der Waals surface area contributed by atoms with Crippen molar-refractivity contribution in [3.05, 3.63) is 90.5 Å². The molecule has 0 saturated heterocycles. The molecule has 0 spiro atoms. The fraction of sp³-hybridized carbons (Fsp3) is 0.286. The predicted octanol–water partition coefficient (Wildman–Crippen LogP) is 3.49. The van der Waals surface area contributed by atoms with Gasteiger partial charge in [0.2, 0.25) is 11.8 Å². The van der Waals surface area contributed by atoms with Crippen molar-refractivity contribution in [2.24, 2.45) is 0 Å². The fourth-order valence-corrected chi connectivity index (χ4v) is 5.32. The average molecular weight is 524 g/mol. The molecule has 0 fully saturated rings. The Morgan fingerprint density at radius 2 is 1.51 bits per heavy atom. The van der Waals surface area contributed by atoms with Crippen LogP contribution in [-0.4, -0.2) is 57.9 Å². The monoisotopic (exact) mass is 523 g/mol. The van der Waals surface area contributed by atoms with Gasteiger partial charge in [0.15, 0.2) is 0 Å². The van der Waals surface area contributed by atoms with Gasteiger partial charge < -0.3 is 15.0 Å². The summed E-state index contributed by atoms with van der Waals surface area (Å²) in [7, 11) is -2.60. The van der Waals surface area contributed by atoms with Crippen LogP contribution in [0.4, 0.5) is 5.69 Å². The summed E-state index contributed by atoms with van der Waals surface area (Å²) < 4.78 is 34.0. The van der Waals surface area contributed by atoms with E-state index in [2.05, 4.69) is 5.32 Å². The van der Waals surface area contributed by atoms with E-state index in [1.54, 1.807) is 49.4 Å². The minimum Gasteiger partial charge on any atom is -0.494 e. The molecular formula is C28H33N3O5S. The Hall–Kier alpha value is -3.85. The lowest BCUT2D eigenvalue weighted by Gasteiger charge is -2.31. The molecule has 0 aliphatic heterocycles. The number of likely N-dealkylation sites (N-methyl/N-ethyl adjacent to an activating group) is 1. The molecule has 8 nitrogen and oxygen atoms in total. The number of hydrogen-bond donors (Lipinski definition) is 1. The largest absolute Gasteiger partial charge is 0.494 e. The molecule has 3 rings (SSSR count). The third-order valence-electron chi connectivity index (χ3n) is 5.94. The zero-order valence-corrected chi connectivity index (χ0v) is 22.1. The molecule has 0 saturated carbocycles. The zero-order chi connectivity index (χ0) is 26.8. The first-order valence-electron chi connectivity index (χ1n) is 12.1. The van der Waals surface area contributed by atoms with Crippen molar-refractivity contribution in [3.8, 4) is 5.75 Å². The number of hydrogen-bond acceptors (Lipinski definition) is 5. The van der Waals surface area contributed by atoms with Gasteiger partial charge in [0, 0.05) is 13.6 Å². The number of nitrogens with one attached hydrogen (secondary N) is 1. The highest BCUT2D eigenvalue weighted by Gasteiger charge is 2.32. The number of benzene rings is 3. The molecule has 0 radical (unpaired) electrons. The van der Waals surface area contributed by atoms with E-state index in [1.807, 2.05) is 37.3 Å². The molecule has 0 unspecified atom stereocenters. The van der Waals surface area contributed by atoms with Crippen molar-refractivity contribution >= 4 is 27.5 Å². The number of rotatable bonds is 12. The van der Waals surface area contributed by atoms with Crippen molar-refractivity contribution in [2.45, 2.75) is 31.2 Å². The maximum Gasteiger partial charge on any atom is 0.264 e. The first kappa shape index (κ1) is 27.7. The number of para-hydroxylation sites is 1. The molecule has 1 N–H and O–H groups in total. The SMILES string of the molecule is CCOc1ccc(S(=O)(=O)N(CC(=O)N(CCc2ccccc2)[C@@H](C)C(=O)NC)c2ccccc2)cc1. The van der Waals surface area contributed by atoms with Gasteiger partial charge in [-0.15, -0.1) is 0 Å². The van der Waals surface area contributed by atoms with Crippen LogP contribution in [0.25, 0.3) is 0 Å². The summed E-state index contributed by atoms with van der Waals surface area (Å²) in [5.74, 6) is -0.261. The van der Waals surface area contributed by atoms with Gasteiger partial charge in [-0.05, 0) is 62.2 Å². The van der Waals surface area contributed by atoms with Crippen LogP contribution in [0.3, 0.4) is 0 Å². The second-order valence-corrected chi connectivity index (χ2v) is 10.2. The number of sulfonamides is 1. The Morgan fingerprint density at radius 1 is 0.919 bits per heavy atom. The van der Waals surface area contributed by atoms with Crippen LogP contribution in [0.5, 0.6) is 5.75 Å². The number of nitrogens with zero attached hydrogens (tertiary/aromatic N) is 2. The third-order valence-corrected chi connectivity index (χ3v) is 7.73. The minimum absolute atomic E-state index is 0.0304. The smallest absolute Gasteiger partial charge is 0.264 e. The predicted molar refractivity (Wildman–Crippen MR) is 144 cm³/mol. The number of carbonyl (C=O) groups is 2. The number of anilines is 1. The lowest BCUT2D eigenvalue weighted by atomic mass is 10.1. The Labute approximate surface area is 218 Å². The summed E-state index contributed by atoms with van der Waals surface area (Å²) in [6.07, 6.45) is 0.519. The van der Waals surface area contributed by atoms with E-state index < -0.39 is 28.5 Å². The molecule has 9 heteroatoms. The molecule has 0 aromatic heterocycles. The lowest BCUT2D eigenvalue weighted by molar-refractivity contribution is -0.138. The first-order valence-corrected chi connectivity index (χ1v) is 13.6. The number of ether oxygens (including phenoxy) is 1. The van der Waals surface area contributed by atoms with Gasteiger partial charge >= 0.3 is 0 Å². The normalized spacial score (nSPS) is 11.9. The van der Waals surface area contributed by atoms with Crippen molar-refractivity contribution in [1.29, 1.82) is 0 Å². The molecule has 2 amide bonds. The topological polar surface area (TPSA) is 96.0 Å². The van der Waals surface area contributed by atoms with Gasteiger partial charge in [0.1, 0.15) is 18.3 Å². The van der Waals surface area contributed by atoms with E-state index in [9.17, 15) is 18.0 Å². The standard InChI is InChI=1S/C28H33N3O5S/c1-4-36-25-15-17-26(18-16-25)37(34,35)31(24-13-9-6-10-14-24)21-27(32)30(22(2)28(33)29-3)20-19-23-11-7-5-8-12-23/h5-18,22H,4,19-21H2,1-3H3,(H,29,33)/t22-/m0/s1. The molecule has 196 valence electrons. The van der Waals surface area contributed by atoms with Crippen molar-refractivity contribution in [2.75, 3.05) is 31.0 Å². The summed E-state index contributed by atoms with van der Waals surface area (Å²) >= 11 is 0. The molecule has 3 aromatic carbocycles. The number of carbonyl (C=O) groups excluding carboxylic acids is 2. The van der Waals surface area contributed by atoms with Gasteiger partial charge in [-0.1, -0.05) is 48.5 Å². The van der Waals surface area contributed by atoms with Crippen LogP contribution in [-0.2, 0) is 26.0 Å². The van der Waals surface area contributed by atoms with Crippen LogP contribution in [0.2, 0.25) is 0 Å². The van der Waals surface area contributed by atoms with Crippen LogP contribution in [0.1, 0.15) is 19.4 Å². The molecular weight excluding hydrogens is 490 g/mol. The van der Waals surface area contributed by atoms with Crippen molar-refractivity contribution in [1.82, 2.24) is 10.2 Å². The fourth-order valence-electron chi connectivity index (χ4n) is 3.90. The quantitative estimate of drug-likeness (QED) is 0.392. The minimum atomic E-state index is -4.10. The van der Waals surface area contributed by atoms with E-state index in [0.717, 1.165) is 9.87 Å². The van der Waals surface area contributed by atoms with E-state index in [0.29, 0.717) is 24.5 Å². The van der Waals surface area contributed by atoms with Crippen molar-refractivity contribution < 1.29 is 22.7 Å². The van der Waals surface area contributed by atoms with Gasteiger partial charge in [0.05, 0.1) is 17.2 Å². The molecule has 3 aromatic rings. The molecule has 0 bridgehead atoms. The Morgan fingerprint density at radius 3 is 2.08 bits per heavy atom. The molecule has 0 aliphatic carbocycles. The van der Waals surface area contributed by atoms with Crippen LogP contribution < -0.4 is 14.4 Å². The molecule has 37 heavy (non-hydrogen) atoms. The third kappa shape index (κ3) is 7.10. The molecule has 1 atom stereocenters. The van der Waals surface area contributed by atoms with Gasteiger partial charge in [-0.3, -0.25) is 13.9 Å². The van der Waals surface area contributed by atoms with E-state index in [4.69, 9.17) is 4.74 Å². The highest BCUT2D eigenvalue weighted by molar-refractivity contribution is 7.92. The van der Waals surface area contributed by atoms with Crippen LogP contribution in [0, 0.1) is 0 Å². The van der Waals surface area contributed by atoms with E-state index in [1.165, 1.54) is 24.1 Å². The second kappa shape index (κ2) is 12.9. The summed E-state index contributed by atoms with van der Waals surface area (Å²) in [6, 6.07) is 23.4. The highest BCUT2D eigenvalue weighted by Crippen LogP contribution is 2.25. The Bertz CT molecular complexity index is 1270. The molecule has 0 aliphatic rings. The zero-order valence-electron chi connectivity index (χ0n) is 21.3. The first-order chi connectivity index (χ1) is 17.8. The van der Waals surface area contributed by atoms with E-state index >= 15 is 0 Å². The van der Waals surface area contributed by atoms with Crippen LogP contribution in [0.15, 0.2) is 89.8 Å². The maximum absolute atomic E-state index is 13.7. The number of amides is 2. The van der Waals surface area contributed by atoms with Crippen LogP contribution >= 0.6 is 0 Å². The summed E-state index contributed by atoms with van der Waals surface area (Å²) in [6.45, 7) is 3.73. The maximum atomic E-state index is 13.7.